The maximum absolute atomic E-state index is 6.23. The van der Waals surface area contributed by atoms with Crippen LogP contribution in [0.5, 0.6) is 0 Å². The van der Waals surface area contributed by atoms with Gasteiger partial charge in [0.25, 0.3) is 0 Å². The minimum absolute atomic E-state index is 0.693. The largest absolute Gasteiger partial charge is 0.456 e. The molecule has 0 atom stereocenters. The van der Waals surface area contributed by atoms with Crippen LogP contribution in [-0.4, -0.2) is 9.97 Å². The Bertz CT molecular complexity index is 3380. The highest BCUT2D eigenvalue weighted by Gasteiger charge is 2.23. The predicted octanol–water partition coefficient (Wildman–Crippen LogP) is 14.7. The first kappa shape index (κ1) is 31.7. The van der Waals surface area contributed by atoms with Gasteiger partial charge in [0, 0.05) is 27.5 Å². The second-order valence-electron chi connectivity index (χ2n) is 14.9. The van der Waals surface area contributed by atoms with E-state index in [0.717, 1.165) is 72.3 Å². The number of aromatic nitrogens is 2. The first-order valence-corrected chi connectivity index (χ1v) is 19.4. The fourth-order valence-electron chi connectivity index (χ4n) is 8.86. The van der Waals surface area contributed by atoms with Crippen molar-refractivity contribution in [3.63, 3.8) is 0 Å². The fraction of sp³-hybridized carbons (Fsp3) is 0. The summed E-state index contributed by atoms with van der Waals surface area (Å²) in [5.41, 5.74) is 16.2. The molecule has 9 aromatic carbocycles. The van der Waals surface area contributed by atoms with E-state index in [-0.39, 0.29) is 0 Å². The molecule has 0 aliphatic heterocycles. The average Bonchev–Trinajstić information content (AvgIpc) is 3.82. The molecule has 11 aromatic rings. The molecule has 3 nitrogen and oxygen atoms in total. The number of fused-ring (bicyclic) bond motifs is 7. The Morgan fingerprint density at radius 2 is 0.912 bits per heavy atom. The van der Waals surface area contributed by atoms with Gasteiger partial charge in [-0.15, -0.1) is 0 Å². The highest BCUT2D eigenvalue weighted by molar-refractivity contribution is 6.18. The number of benzene rings is 9. The van der Waals surface area contributed by atoms with E-state index in [1.807, 2.05) is 18.2 Å². The lowest BCUT2D eigenvalue weighted by molar-refractivity contribution is 0.669. The lowest BCUT2D eigenvalue weighted by atomic mass is 9.92. The third-order valence-corrected chi connectivity index (χ3v) is 11.6. The zero-order chi connectivity index (χ0) is 37.5. The standard InChI is InChI=1S/C54H32N2O/c1-2-12-34(13-3-1)54-55-49(32-50(56-54)43-24-25-47-42-16-7-6-15-41(42)45-18-10-19-46(43)53(45)47)40-29-38(36-22-21-33-11-4-5-14-35(33)27-36)28-39(30-40)37-23-26-52-48(31-37)44-17-8-9-20-51(44)57-52/h1-32H. The lowest BCUT2D eigenvalue weighted by Gasteiger charge is -2.15. The van der Waals surface area contributed by atoms with Crippen LogP contribution in [-0.2, 0) is 0 Å². The zero-order valence-corrected chi connectivity index (χ0v) is 30.8. The van der Waals surface area contributed by atoms with Crippen LogP contribution in [0.15, 0.2) is 199 Å². The average molecular weight is 725 g/mol. The van der Waals surface area contributed by atoms with E-state index in [9.17, 15) is 0 Å². The molecule has 0 saturated heterocycles. The van der Waals surface area contributed by atoms with Gasteiger partial charge < -0.3 is 4.42 Å². The van der Waals surface area contributed by atoms with Gasteiger partial charge in [-0.3, -0.25) is 0 Å². The monoisotopic (exact) mass is 724 g/mol. The van der Waals surface area contributed by atoms with Crippen LogP contribution in [0.1, 0.15) is 0 Å². The summed E-state index contributed by atoms with van der Waals surface area (Å²) in [5.74, 6) is 0.693. The first-order valence-electron chi connectivity index (χ1n) is 19.4. The Hall–Kier alpha value is -7.62. The Labute approximate surface area is 329 Å². The summed E-state index contributed by atoms with van der Waals surface area (Å²) in [5, 5.41) is 7.11. The Balaban J connectivity index is 1.10. The Kier molecular flexibility index (Phi) is 6.93. The molecular formula is C54H32N2O. The smallest absolute Gasteiger partial charge is 0.160 e. The molecule has 264 valence electrons. The van der Waals surface area contributed by atoms with Crippen LogP contribution in [0.3, 0.4) is 0 Å². The van der Waals surface area contributed by atoms with Gasteiger partial charge in [-0.25, -0.2) is 9.97 Å². The second kappa shape index (κ2) is 12.5. The molecule has 0 saturated carbocycles. The molecule has 57 heavy (non-hydrogen) atoms. The number of para-hydroxylation sites is 1. The third-order valence-electron chi connectivity index (χ3n) is 11.6. The van der Waals surface area contributed by atoms with Gasteiger partial charge in [0.2, 0.25) is 0 Å². The van der Waals surface area contributed by atoms with Crippen LogP contribution in [0, 0.1) is 0 Å². The topological polar surface area (TPSA) is 38.9 Å². The lowest BCUT2D eigenvalue weighted by Crippen LogP contribution is -1.97. The summed E-state index contributed by atoms with van der Waals surface area (Å²) < 4.78 is 6.23. The summed E-state index contributed by atoms with van der Waals surface area (Å²) in [4.78, 5) is 10.6. The van der Waals surface area contributed by atoms with Crippen LogP contribution in [0.4, 0.5) is 0 Å². The molecule has 1 aliphatic carbocycles. The first-order chi connectivity index (χ1) is 28.2. The van der Waals surface area contributed by atoms with Gasteiger partial charge in [-0.2, -0.15) is 0 Å². The van der Waals surface area contributed by atoms with Crippen molar-refractivity contribution < 1.29 is 4.42 Å². The summed E-state index contributed by atoms with van der Waals surface area (Å²) in [6.07, 6.45) is 0. The summed E-state index contributed by atoms with van der Waals surface area (Å²) in [7, 11) is 0. The Morgan fingerprint density at radius 1 is 0.298 bits per heavy atom. The highest BCUT2D eigenvalue weighted by atomic mass is 16.3. The molecular weight excluding hydrogens is 693 g/mol. The van der Waals surface area contributed by atoms with Crippen LogP contribution >= 0.6 is 0 Å². The van der Waals surface area contributed by atoms with Crippen molar-refractivity contribution >= 4 is 43.5 Å². The van der Waals surface area contributed by atoms with Crippen molar-refractivity contribution in [2.24, 2.45) is 0 Å². The fourth-order valence-corrected chi connectivity index (χ4v) is 8.86. The third kappa shape index (κ3) is 5.13. The number of nitrogens with zero attached hydrogens (tertiary/aromatic N) is 2. The molecule has 0 bridgehead atoms. The van der Waals surface area contributed by atoms with Crippen molar-refractivity contribution in [2.75, 3.05) is 0 Å². The van der Waals surface area contributed by atoms with E-state index in [2.05, 4.69) is 176 Å². The van der Waals surface area contributed by atoms with Gasteiger partial charge in [0.1, 0.15) is 11.2 Å². The summed E-state index contributed by atoms with van der Waals surface area (Å²) in [6.45, 7) is 0. The van der Waals surface area contributed by atoms with E-state index in [1.54, 1.807) is 0 Å². The molecule has 0 fully saturated rings. The maximum Gasteiger partial charge on any atom is 0.160 e. The highest BCUT2D eigenvalue weighted by Crippen LogP contribution is 2.49. The molecule has 2 aromatic heterocycles. The molecule has 0 unspecified atom stereocenters. The van der Waals surface area contributed by atoms with Crippen LogP contribution in [0.2, 0.25) is 0 Å². The molecule has 0 radical (unpaired) electrons. The molecule has 3 heteroatoms. The van der Waals surface area contributed by atoms with Gasteiger partial charge in [-0.1, -0.05) is 146 Å². The van der Waals surface area contributed by atoms with Gasteiger partial charge in [-0.05, 0) is 115 Å². The van der Waals surface area contributed by atoms with Crippen molar-refractivity contribution in [3.8, 4) is 78.4 Å². The zero-order valence-electron chi connectivity index (χ0n) is 30.8. The van der Waals surface area contributed by atoms with Crippen molar-refractivity contribution in [3.05, 3.63) is 194 Å². The Morgan fingerprint density at radius 3 is 1.77 bits per heavy atom. The second-order valence-corrected chi connectivity index (χ2v) is 14.9. The molecule has 0 N–H and O–H groups in total. The van der Waals surface area contributed by atoms with Crippen molar-refractivity contribution in [1.82, 2.24) is 9.97 Å². The van der Waals surface area contributed by atoms with Crippen molar-refractivity contribution in [2.45, 2.75) is 0 Å². The van der Waals surface area contributed by atoms with E-state index in [1.165, 1.54) is 43.8 Å². The number of hydrogen-bond acceptors (Lipinski definition) is 3. The molecule has 12 rings (SSSR count). The van der Waals surface area contributed by atoms with Crippen LogP contribution < -0.4 is 0 Å². The van der Waals surface area contributed by atoms with Gasteiger partial charge in [0.05, 0.1) is 11.4 Å². The maximum atomic E-state index is 6.23. The van der Waals surface area contributed by atoms with Gasteiger partial charge >= 0.3 is 0 Å². The quantitative estimate of drug-likeness (QED) is 0.177. The number of furan rings is 1. The molecule has 1 aliphatic rings. The number of rotatable bonds is 5. The summed E-state index contributed by atoms with van der Waals surface area (Å²) in [6, 6.07) is 69.3. The normalized spacial score (nSPS) is 11.9. The molecule has 0 spiro atoms. The predicted molar refractivity (Wildman–Crippen MR) is 236 cm³/mol. The van der Waals surface area contributed by atoms with Crippen LogP contribution in [0.25, 0.3) is 122 Å². The van der Waals surface area contributed by atoms with E-state index in [4.69, 9.17) is 14.4 Å². The van der Waals surface area contributed by atoms with Gasteiger partial charge in [0.15, 0.2) is 5.82 Å². The minimum Gasteiger partial charge on any atom is -0.456 e. The van der Waals surface area contributed by atoms with Crippen molar-refractivity contribution in [1.29, 1.82) is 0 Å². The number of hydrogen-bond donors (Lipinski definition) is 0. The SMILES string of the molecule is c1ccc(-c2nc(-c3cc(-c4ccc5ccccc5c4)cc(-c4ccc5oc6ccccc6c5c4)c3)cc(-c3ccc4c5c(cccc35)-c3ccccc3-4)n2)cc1. The summed E-state index contributed by atoms with van der Waals surface area (Å²) >= 11 is 0. The molecule has 0 amide bonds. The van der Waals surface area contributed by atoms with E-state index in [0.29, 0.717) is 5.82 Å². The molecule has 2 heterocycles. The van der Waals surface area contributed by atoms with E-state index < -0.39 is 0 Å². The minimum atomic E-state index is 0.693. The van der Waals surface area contributed by atoms with E-state index >= 15 is 0 Å².